The van der Waals surface area contributed by atoms with Crippen LogP contribution in [0.25, 0.3) is 5.69 Å². The van der Waals surface area contributed by atoms with Crippen LogP contribution in [0.4, 0.5) is 10.1 Å². The summed E-state index contributed by atoms with van der Waals surface area (Å²) in [6.07, 6.45) is 6.21. The van der Waals surface area contributed by atoms with Gasteiger partial charge in [0.1, 0.15) is 5.82 Å². The number of nitrogens with one attached hydrogen (secondary N) is 1. The van der Waals surface area contributed by atoms with Crippen LogP contribution in [0.2, 0.25) is 0 Å². The molecule has 1 N–H and O–H groups in total. The second kappa shape index (κ2) is 5.81. The quantitative estimate of drug-likeness (QED) is 0.796. The normalized spacial score (nSPS) is 11.4. The van der Waals surface area contributed by atoms with Gasteiger partial charge in [0.25, 0.3) is 10.0 Å². The lowest BCUT2D eigenvalue weighted by Crippen LogP contribution is -2.16. The Balaban J connectivity index is 2.02. The molecule has 23 heavy (non-hydrogen) atoms. The Morgan fingerprint density at radius 1 is 1.22 bits per heavy atom. The molecule has 0 spiro atoms. The number of hydrogen-bond acceptors (Lipinski definition) is 4. The maximum absolute atomic E-state index is 13.2. The van der Waals surface area contributed by atoms with Gasteiger partial charge in [-0.15, -0.1) is 0 Å². The van der Waals surface area contributed by atoms with Crippen molar-refractivity contribution in [2.24, 2.45) is 0 Å². The summed E-state index contributed by atoms with van der Waals surface area (Å²) in [5.74, 6) is -0.486. The lowest BCUT2D eigenvalue weighted by molar-refractivity contribution is 0.598. The van der Waals surface area contributed by atoms with E-state index in [2.05, 4.69) is 14.8 Å². The average molecular weight is 332 g/mol. The molecule has 1 aromatic carbocycles. The minimum absolute atomic E-state index is 0.00849. The highest BCUT2D eigenvalue weighted by atomic mass is 32.2. The highest BCUT2D eigenvalue weighted by Crippen LogP contribution is 2.23. The minimum atomic E-state index is -3.87. The molecule has 6 nitrogen and oxygen atoms in total. The largest absolute Gasteiger partial charge is 0.276 e. The van der Waals surface area contributed by atoms with Crippen LogP contribution in [0.5, 0.6) is 0 Å². The molecule has 3 rings (SSSR count). The van der Waals surface area contributed by atoms with Crippen LogP contribution < -0.4 is 4.72 Å². The number of benzene rings is 1. The van der Waals surface area contributed by atoms with Gasteiger partial charge in [-0.2, -0.15) is 5.10 Å². The molecular weight excluding hydrogens is 319 g/mol. The van der Waals surface area contributed by atoms with Crippen LogP contribution >= 0.6 is 0 Å². The Bertz CT molecular complexity index is 940. The summed E-state index contributed by atoms with van der Waals surface area (Å²) in [5, 5.41) is 4.08. The van der Waals surface area contributed by atoms with Gasteiger partial charge in [-0.05, 0) is 42.8 Å². The lowest BCUT2D eigenvalue weighted by Gasteiger charge is -2.13. The number of aryl methyl sites for hydroxylation is 1. The fourth-order valence-electron chi connectivity index (χ4n) is 2.19. The van der Waals surface area contributed by atoms with Crippen molar-refractivity contribution in [3.63, 3.8) is 0 Å². The highest BCUT2D eigenvalue weighted by molar-refractivity contribution is 7.92. The molecule has 0 aliphatic rings. The number of pyridine rings is 1. The van der Waals surface area contributed by atoms with Crippen molar-refractivity contribution in [1.82, 2.24) is 14.8 Å². The second-order valence-corrected chi connectivity index (χ2v) is 6.51. The van der Waals surface area contributed by atoms with Gasteiger partial charge in [0.2, 0.25) is 0 Å². The Morgan fingerprint density at radius 2 is 2.04 bits per heavy atom. The molecule has 0 radical (unpaired) electrons. The number of sulfonamides is 1. The number of aromatic nitrogens is 3. The first kappa shape index (κ1) is 15.2. The Hall–Kier alpha value is -2.74. The van der Waals surface area contributed by atoms with Crippen molar-refractivity contribution < 1.29 is 12.8 Å². The van der Waals surface area contributed by atoms with E-state index in [1.807, 2.05) is 0 Å². The predicted molar refractivity (Wildman–Crippen MR) is 83.3 cm³/mol. The highest BCUT2D eigenvalue weighted by Gasteiger charge is 2.19. The zero-order chi connectivity index (χ0) is 16.4. The lowest BCUT2D eigenvalue weighted by atomic mass is 10.2. The van der Waals surface area contributed by atoms with Crippen LogP contribution in [0.15, 0.2) is 60.0 Å². The van der Waals surface area contributed by atoms with Crippen molar-refractivity contribution in [3.05, 3.63) is 66.5 Å². The molecule has 0 saturated carbocycles. The molecule has 0 fully saturated rings. The van der Waals surface area contributed by atoms with Crippen LogP contribution in [-0.4, -0.2) is 23.2 Å². The molecular formula is C15H13FN4O2S. The number of halogens is 1. The van der Waals surface area contributed by atoms with E-state index in [1.54, 1.807) is 24.5 Å². The fourth-order valence-corrected chi connectivity index (χ4v) is 3.48. The molecule has 3 aromatic rings. The zero-order valence-electron chi connectivity index (χ0n) is 12.1. The van der Waals surface area contributed by atoms with Crippen molar-refractivity contribution in [3.8, 4) is 5.69 Å². The van der Waals surface area contributed by atoms with Crippen LogP contribution in [-0.2, 0) is 10.0 Å². The Morgan fingerprint density at radius 3 is 2.74 bits per heavy atom. The van der Waals surface area contributed by atoms with Gasteiger partial charge in [-0.1, -0.05) is 0 Å². The van der Waals surface area contributed by atoms with Crippen molar-refractivity contribution in [1.29, 1.82) is 0 Å². The zero-order valence-corrected chi connectivity index (χ0v) is 13.0. The molecule has 0 unspecified atom stereocenters. The van der Waals surface area contributed by atoms with Crippen molar-refractivity contribution in [2.45, 2.75) is 11.8 Å². The summed E-state index contributed by atoms with van der Waals surface area (Å²) in [5.41, 5.74) is 1.13. The molecule has 2 aromatic heterocycles. The number of anilines is 1. The number of rotatable bonds is 4. The molecule has 0 atom stereocenters. The second-order valence-electron chi connectivity index (χ2n) is 4.86. The first-order valence-electron chi connectivity index (χ1n) is 6.70. The van der Waals surface area contributed by atoms with E-state index in [1.165, 1.54) is 36.1 Å². The minimum Gasteiger partial charge on any atom is -0.276 e. The standard InChI is InChI=1S/C15H13FN4O2S/c1-11-9-12(16)3-4-15(11)23(21,22)19-13-10-17-7-5-14(13)20-8-2-6-18-20/h2-10,19H,1H3. The predicted octanol–water partition coefficient (Wildman–Crippen LogP) is 2.52. The van der Waals surface area contributed by atoms with Gasteiger partial charge in [0, 0.05) is 18.6 Å². The molecule has 0 aliphatic heterocycles. The first-order valence-corrected chi connectivity index (χ1v) is 8.19. The van der Waals surface area contributed by atoms with E-state index >= 15 is 0 Å². The van der Waals surface area contributed by atoms with Crippen LogP contribution in [0, 0.1) is 12.7 Å². The van der Waals surface area contributed by atoms with Gasteiger partial charge in [-0.25, -0.2) is 17.5 Å². The molecule has 2 heterocycles. The van der Waals surface area contributed by atoms with Crippen molar-refractivity contribution >= 4 is 15.7 Å². The van der Waals surface area contributed by atoms with Crippen LogP contribution in [0.3, 0.4) is 0 Å². The van der Waals surface area contributed by atoms with Gasteiger partial charge < -0.3 is 0 Å². The maximum Gasteiger partial charge on any atom is 0.262 e. The first-order chi connectivity index (χ1) is 11.0. The topological polar surface area (TPSA) is 76.9 Å². The summed E-state index contributed by atoms with van der Waals surface area (Å²) < 4.78 is 42.3. The summed E-state index contributed by atoms with van der Waals surface area (Å²) in [4.78, 5) is 3.95. The van der Waals surface area contributed by atoms with E-state index in [0.29, 0.717) is 11.3 Å². The van der Waals surface area contributed by atoms with E-state index in [-0.39, 0.29) is 10.6 Å². The smallest absolute Gasteiger partial charge is 0.262 e. The third-order valence-electron chi connectivity index (χ3n) is 3.22. The summed E-state index contributed by atoms with van der Waals surface area (Å²) in [7, 11) is -3.87. The third kappa shape index (κ3) is 3.07. The number of hydrogen-bond donors (Lipinski definition) is 1. The van der Waals surface area contributed by atoms with Gasteiger partial charge >= 0.3 is 0 Å². The van der Waals surface area contributed by atoms with Gasteiger partial charge in [0.15, 0.2) is 0 Å². The SMILES string of the molecule is Cc1cc(F)ccc1S(=O)(=O)Nc1cnccc1-n1cccn1. The summed E-state index contributed by atoms with van der Waals surface area (Å²) in [6.45, 7) is 1.54. The third-order valence-corrected chi connectivity index (χ3v) is 4.75. The van der Waals surface area contributed by atoms with E-state index < -0.39 is 15.8 Å². The molecule has 0 amide bonds. The molecule has 0 aliphatic carbocycles. The Labute approximate surface area is 132 Å². The van der Waals surface area contributed by atoms with E-state index in [0.717, 1.165) is 6.07 Å². The monoisotopic (exact) mass is 332 g/mol. The fraction of sp³-hybridized carbons (Fsp3) is 0.0667. The molecule has 118 valence electrons. The molecule has 0 bridgehead atoms. The Kier molecular flexibility index (Phi) is 3.83. The summed E-state index contributed by atoms with van der Waals surface area (Å²) >= 11 is 0. The molecule has 8 heteroatoms. The van der Waals surface area contributed by atoms with Crippen LogP contribution in [0.1, 0.15) is 5.56 Å². The number of nitrogens with zero attached hydrogens (tertiary/aromatic N) is 3. The van der Waals surface area contributed by atoms with Gasteiger partial charge in [-0.3, -0.25) is 9.71 Å². The maximum atomic E-state index is 13.2. The molecule has 0 saturated heterocycles. The van der Waals surface area contributed by atoms with Gasteiger partial charge in [0.05, 0.1) is 22.5 Å². The van der Waals surface area contributed by atoms with E-state index in [4.69, 9.17) is 0 Å². The van der Waals surface area contributed by atoms with E-state index in [9.17, 15) is 12.8 Å². The van der Waals surface area contributed by atoms with Crippen molar-refractivity contribution in [2.75, 3.05) is 4.72 Å². The average Bonchev–Trinajstić information content (AvgIpc) is 3.01. The summed E-state index contributed by atoms with van der Waals surface area (Å²) in [6, 6.07) is 6.88.